The summed E-state index contributed by atoms with van der Waals surface area (Å²) in [6.45, 7) is 1.84. The van der Waals surface area contributed by atoms with Gasteiger partial charge in [0, 0.05) is 11.6 Å². The second kappa shape index (κ2) is 3.84. The van der Waals surface area contributed by atoms with Gasteiger partial charge in [0.1, 0.15) is 0 Å². The number of nitro benzene ring substituents is 1. The third kappa shape index (κ3) is 2.13. The van der Waals surface area contributed by atoms with Crippen molar-refractivity contribution in [2.75, 3.05) is 0 Å². The molecule has 1 saturated carbocycles. The zero-order valence-corrected chi connectivity index (χ0v) is 9.47. The number of carbonyl (C=O) groups is 1. The minimum absolute atomic E-state index is 0.0168. The van der Waals surface area contributed by atoms with Gasteiger partial charge in [-0.3, -0.25) is 14.9 Å². The van der Waals surface area contributed by atoms with E-state index in [1.54, 1.807) is 12.1 Å². The molecule has 90 valence electrons. The molecule has 17 heavy (non-hydrogen) atoms. The van der Waals surface area contributed by atoms with Gasteiger partial charge in [-0.2, -0.15) is 0 Å². The number of aryl methyl sites for hydroxylation is 1. The Morgan fingerprint density at radius 1 is 1.53 bits per heavy atom. The second-order valence-electron chi connectivity index (χ2n) is 4.65. The molecule has 1 aliphatic carbocycles. The maximum absolute atomic E-state index is 11.1. The average Bonchev–Trinajstić information content (AvgIpc) is 2.98. The van der Waals surface area contributed by atoms with Crippen LogP contribution in [0.3, 0.4) is 0 Å². The molecule has 0 bridgehead atoms. The number of hydrogen-bond donors (Lipinski definition) is 1. The third-order valence-corrected chi connectivity index (χ3v) is 3.27. The number of aliphatic carboxylic acids is 1. The first-order chi connectivity index (χ1) is 7.94. The summed E-state index contributed by atoms with van der Waals surface area (Å²) in [6.07, 6.45) is 1.46. The highest BCUT2D eigenvalue weighted by Crippen LogP contribution is 2.49. The number of nitrogens with zero attached hydrogens (tertiary/aromatic N) is 1. The molecule has 0 radical (unpaired) electrons. The Labute approximate surface area is 98.2 Å². The fourth-order valence-corrected chi connectivity index (χ4v) is 2.02. The van der Waals surface area contributed by atoms with E-state index in [0.29, 0.717) is 18.4 Å². The summed E-state index contributed by atoms with van der Waals surface area (Å²) in [6, 6.07) is 4.83. The summed E-state index contributed by atoms with van der Waals surface area (Å²) in [5, 5.41) is 20.0. The zero-order chi connectivity index (χ0) is 12.6. The van der Waals surface area contributed by atoms with Crippen LogP contribution in [0.15, 0.2) is 18.2 Å². The lowest BCUT2D eigenvalue weighted by Gasteiger charge is -2.10. The van der Waals surface area contributed by atoms with Crippen LogP contribution in [0.5, 0.6) is 0 Å². The largest absolute Gasteiger partial charge is 0.481 e. The van der Waals surface area contributed by atoms with Gasteiger partial charge in [0.05, 0.1) is 10.3 Å². The van der Waals surface area contributed by atoms with E-state index >= 15 is 0 Å². The second-order valence-corrected chi connectivity index (χ2v) is 4.65. The monoisotopic (exact) mass is 235 g/mol. The van der Waals surface area contributed by atoms with Crippen LogP contribution in [0.4, 0.5) is 5.69 Å². The van der Waals surface area contributed by atoms with Gasteiger partial charge in [0.25, 0.3) is 5.69 Å². The van der Waals surface area contributed by atoms with Crippen LogP contribution in [0, 0.1) is 22.5 Å². The van der Waals surface area contributed by atoms with Crippen molar-refractivity contribution in [1.82, 2.24) is 0 Å². The normalized spacial score (nSPS) is 16.5. The van der Waals surface area contributed by atoms with Crippen LogP contribution < -0.4 is 0 Å². The lowest BCUT2D eigenvalue weighted by molar-refractivity contribution is -0.385. The van der Waals surface area contributed by atoms with Crippen molar-refractivity contribution in [2.24, 2.45) is 5.41 Å². The predicted octanol–water partition coefficient (Wildman–Crippen LogP) is 2.31. The smallest absolute Gasteiger partial charge is 0.309 e. The van der Waals surface area contributed by atoms with Crippen LogP contribution in [0.1, 0.15) is 24.0 Å². The first kappa shape index (κ1) is 11.6. The molecule has 0 aromatic heterocycles. The van der Waals surface area contributed by atoms with Crippen molar-refractivity contribution in [1.29, 1.82) is 0 Å². The number of nitro groups is 1. The molecular weight excluding hydrogens is 222 g/mol. The summed E-state index contributed by atoms with van der Waals surface area (Å²) >= 11 is 0. The standard InChI is InChI=1S/C12H13NO4/c1-8-2-3-10(13(16)17)9(6-8)7-12(4-5-12)11(14)15/h2-3,6H,4-5,7H2,1H3,(H,14,15). The molecule has 0 atom stereocenters. The molecule has 1 fully saturated rings. The van der Waals surface area contributed by atoms with Crippen molar-refractivity contribution in [3.05, 3.63) is 39.4 Å². The Kier molecular flexibility index (Phi) is 2.61. The lowest BCUT2D eigenvalue weighted by Crippen LogP contribution is -2.18. The molecule has 1 aromatic rings. The van der Waals surface area contributed by atoms with E-state index in [4.69, 9.17) is 5.11 Å². The van der Waals surface area contributed by atoms with Gasteiger partial charge in [0.15, 0.2) is 0 Å². The molecule has 0 aliphatic heterocycles. The summed E-state index contributed by atoms with van der Waals surface area (Å²) in [7, 11) is 0. The summed E-state index contributed by atoms with van der Waals surface area (Å²) in [4.78, 5) is 21.5. The number of carboxylic acids is 1. The van der Waals surface area contributed by atoms with E-state index < -0.39 is 16.3 Å². The van der Waals surface area contributed by atoms with Crippen molar-refractivity contribution in [3.8, 4) is 0 Å². The highest BCUT2D eigenvalue weighted by atomic mass is 16.6. The Hall–Kier alpha value is -1.91. The zero-order valence-electron chi connectivity index (χ0n) is 9.47. The molecule has 0 saturated heterocycles. The van der Waals surface area contributed by atoms with Crippen molar-refractivity contribution in [3.63, 3.8) is 0 Å². The minimum atomic E-state index is -0.853. The molecule has 1 aliphatic rings. The molecule has 5 heteroatoms. The minimum Gasteiger partial charge on any atom is -0.481 e. The quantitative estimate of drug-likeness (QED) is 0.641. The molecule has 2 rings (SSSR count). The average molecular weight is 235 g/mol. The van der Waals surface area contributed by atoms with E-state index in [1.807, 2.05) is 6.92 Å². The van der Waals surface area contributed by atoms with Gasteiger partial charge in [0.2, 0.25) is 0 Å². The van der Waals surface area contributed by atoms with Gasteiger partial charge in [-0.15, -0.1) is 0 Å². The van der Waals surface area contributed by atoms with E-state index in [9.17, 15) is 14.9 Å². The molecule has 1 aromatic carbocycles. The molecule has 5 nitrogen and oxygen atoms in total. The van der Waals surface area contributed by atoms with Crippen LogP contribution >= 0.6 is 0 Å². The molecule has 0 spiro atoms. The van der Waals surface area contributed by atoms with Crippen LogP contribution in [0.2, 0.25) is 0 Å². The molecule has 0 heterocycles. The predicted molar refractivity (Wildman–Crippen MR) is 60.8 cm³/mol. The summed E-state index contributed by atoms with van der Waals surface area (Å²) < 4.78 is 0. The Morgan fingerprint density at radius 2 is 2.18 bits per heavy atom. The first-order valence-electron chi connectivity index (χ1n) is 5.42. The van der Waals surface area contributed by atoms with Crippen LogP contribution in [0.25, 0.3) is 0 Å². The molecular formula is C12H13NO4. The Morgan fingerprint density at radius 3 is 2.65 bits per heavy atom. The van der Waals surface area contributed by atoms with Gasteiger partial charge in [-0.1, -0.05) is 11.6 Å². The van der Waals surface area contributed by atoms with E-state index in [1.165, 1.54) is 6.07 Å². The van der Waals surface area contributed by atoms with Gasteiger partial charge < -0.3 is 5.11 Å². The van der Waals surface area contributed by atoms with Crippen LogP contribution in [-0.2, 0) is 11.2 Å². The number of benzene rings is 1. The number of rotatable bonds is 4. The van der Waals surface area contributed by atoms with Gasteiger partial charge in [-0.25, -0.2) is 0 Å². The highest BCUT2D eigenvalue weighted by molar-refractivity contribution is 5.78. The van der Waals surface area contributed by atoms with Gasteiger partial charge in [-0.05, 0) is 32.3 Å². The van der Waals surface area contributed by atoms with Gasteiger partial charge >= 0.3 is 5.97 Å². The SMILES string of the molecule is Cc1ccc([N+](=O)[O-])c(CC2(C(=O)O)CC2)c1. The van der Waals surface area contributed by atoms with E-state index in [2.05, 4.69) is 0 Å². The van der Waals surface area contributed by atoms with Crippen molar-refractivity contribution >= 4 is 11.7 Å². The summed E-state index contributed by atoms with van der Waals surface area (Å²) in [5.74, 6) is -0.853. The van der Waals surface area contributed by atoms with E-state index in [-0.39, 0.29) is 12.1 Å². The number of carboxylic acid groups (broad SMARTS) is 1. The van der Waals surface area contributed by atoms with E-state index in [0.717, 1.165) is 5.56 Å². The first-order valence-corrected chi connectivity index (χ1v) is 5.42. The topological polar surface area (TPSA) is 80.4 Å². The Bertz CT molecular complexity index is 491. The maximum Gasteiger partial charge on any atom is 0.309 e. The number of hydrogen-bond acceptors (Lipinski definition) is 3. The summed E-state index contributed by atoms with van der Waals surface area (Å²) in [5.41, 5.74) is 0.684. The molecule has 0 unspecified atom stereocenters. The molecule has 1 N–H and O–H groups in total. The fraction of sp³-hybridized carbons (Fsp3) is 0.417. The lowest BCUT2D eigenvalue weighted by atomic mass is 9.94. The van der Waals surface area contributed by atoms with Crippen LogP contribution in [-0.4, -0.2) is 16.0 Å². The fourth-order valence-electron chi connectivity index (χ4n) is 2.02. The van der Waals surface area contributed by atoms with Crippen molar-refractivity contribution < 1.29 is 14.8 Å². The van der Waals surface area contributed by atoms with Crippen molar-refractivity contribution in [2.45, 2.75) is 26.2 Å². The third-order valence-electron chi connectivity index (χ3n) is 3.27. The molecule has 0 amide bonds. The Balaban J connectivity index is 2.35. The maximum atomic E-state index is 11.1. The highest BCUT2D eigenvalue weighted by Gasteiger charge is 2.50.